The predicted octanol–water partition coefficient (Wildman–Crippen LogP) is 1.87. The summed E-state index contributed by atoms with van der Waals surface area (Å²) in [5.74, 6) is 0.676. The van der Waals surface area contributed by atoms with Gasteiger partial charge in [-0.1, -0.05) is 20.3 Å². The highest BCUT2D eigenvalue weighted by Gasteiger charge is 2.18. The van der Waals surface area contributed by atoms with Crippen molar-refractivity contribution in [2.24, 2.45) is 5.92 Å². The van der Waals surface area contributed by atoms with Crippen molar-refractivity contribution in [2.75, 3.05) is 19.5 Å². The summed E-state index contributed by atoms with van der Waals surface area (Å²) in [4.78, 5) is 10.7. The first-order chi connectivity index (χ1) is 6.11. The molecule has 1 N–H and O–H groups in total. The normalized spacial score (nSPS) is 15.3. The summed E-state index contributed by atoms with van der Waals surface area (Å²) in [6.07, 6.45) is 1.09. The summed E-state index contributed by atoms with van der Waals surface area (Å²) in [5.41, 5.74) is 0. The Hall–Kier alpha value is -0.220. The molecule has 3 nitrogen and oxygen atoms in total. The van der Waals surface area contributed by atoms with Gasteiger partial charge in [-0.05, 0) is 11.7 Å². The van der Waals surface area contributed by atoms with Crippen LogP contribution in [0.2, 0.25) is 0 Å². The summed E-state index contributed by atoms with van der Waals surface area (Å²) in [6, 6.07) is 0. The zero-order valence-corrected chi connectivity index (χ0v) is 9.26. The van der Waals surface area contributed by atoms with E-state index >= 15 is 0 Å². The highest BCUT2D eigenvalue weighted by atomic mass is 32.2. The molecule has 2 atom stereocenters. The molecule has 0 aromatic carbocycles. The maximum Gasteiger partial charge on any atom is 0.319 e. The smallest absolute Gasteiger partial charge is 0.319 e. The number of carboxylic acids is 1. The first-order valence-electron chi connectivity index (χ1n) is 4.45. The third-order valence-corrected chi connectivity index (χ3v) is 3.37. The summed E-state index contributed by atoms with van der Waals surface area (Å²) in [5, 5.41) is 8.37. The standard InChI is InChI=1S/C9H18O3S/c1-4-7(2)6-13-8(5-12-3)9(10)11/h7-8H,4-6H2,1-3H3,(H,10,11). The molecule has 0 aliphatic rings. The highest BCUT2D eigenvalue weighted by molar-refractivity contribution is 8.00. The fraction of sp³-hybridized carbons (Fsp3) is 0.889. The van der Waals surface area contributed by atoms with Gasteiger partial charge in [0.25, 0.3) is 0 Å². The van der Waals surface area contributed by atoms with Crippen LogP contribution in [0.3, 0.4) is 0 Å². The van der Waals surface area contributed by atoms with Crippen molar-refractivity contribution in [1.29, 1.82) is 0 Å². The largest absolute Gasteiger partial charge is 0.480 e. The van der Waals surface area contributed by atoms with E-state index in [0.717, 1.165) is 12.2 Å². The van der Waals surface area contributed by atoms with Gasteiger partial charge in [0.1, 0.15) is 5.25 Å². The van der Waals surface area contributed by atoms with Gasteiger partial charge in [-0.15, -0.1) is 11.8 Å². The molecule has 0 radical (unpaired) electrons. The summed E-state index contributed by atoms with van der Waals surface area (Å²) >= 11 is 1.46. The van der Waals surface area contributed by atoms with E-state index in [1.807, 2.05) is 0 Å². The van der Waals surface area contributed by atoms with Crippen molar-refractivity contribution in [3.05, 3.63) is 0 Å². The van der Waals surface area contributed by atoms with Gasteiger partial charge in [-0.2, -0.15) is 0 Å². The van der Waals surface area contributed by atoms with Crippen LogP contribution < -0.4 is 0 Å². The van der Waals surface area contributed by atoms with Gasteiger partial charge >= 0.3 is 5.97 Å². The van der Waals surface area contributed by atoms with Crippen LogP contribution in [0, 0.1) is 5.92 Å². The van der Waals surface area contributed by atoms with E-state index in [-0.39, 0.29) is 6.61 Å². The number of hydrogen-bond acceptors (Lipinski definition) is 3. The lowest BCUT2D eigenvalue weighted by molar-refractivity contribution is -0.137. The van der Waals surface area contributed by atoms with Crippen molar-refractivity contribution in [2.45, 2.75) is 25.5 Å². The van der Waals surface area contributed by atoms with Crippen LogP contribution in [-0.4, -0.2) is 35.8 Å². The van der Waals surface area contributed by atoms with Crippen LogP contribution in [0.5, 0.6) is 0 Å². The van der Waals surface area contributed by atoms with Gasteiger partial charge in [-0.3, -0.25) is 4.79 Å². The van der Waals surface area contributed by atoms with Gasteiger partial charge in [0.2, 0.25) is 0 Å². The first kappa shape index (κ1) is 12.8. The molecule has 0 rings (SSSR count). The summed E-state index contributed by atoms with van der Waals surface area (Å²) in [7, 11) is 1.53. The second-order valence-electron chi connectivity index (χ2n) is 3.13. The van der Waals surface area contributed by atoms with Crippen LogP contribution in [-0.2, 0) is 9.53 Å². The Balaban J connectivity index is 3.75. The molecule has 2 unspecified atom stereocenters. The van der Waals surface area contributed by atoms with E-state index in [4.69, 9.17) is 9.84 Å². The molecule has 0 aliphatic carbocycles. The molecule has 78 valence electrons. The lowest BCUT2D eigenvalue weighted by Crippen LogP contribution is -2.23. The molecule has 0 spiro atoms. The van der Waals surface area contributed by atoms with Crippen LogP contribution in [0.25, 0.3) is 0 Å². The lowest BCUT2D eigenvalue weighted by Gasteiger charge is -2.13. The van der Waals surface area contributed by atoms with Crippen LogP contribution in [0.4, 0.5) is 0 Å². The van der Waals surface area contributed by atoms with Crippen molar-refractivity contribution >= 4 is 17.7 Å². The minimum absolute atomic E-state index is 0.288. The lowest BCUT2D eigenvalue weighted by atomic mass is 10.2. The zero-order valence-electron chi connectivity index (χ0n) is 8.45. The molecular weight excluding hydrogens is 188 g/mol. The van der Waals surface area contributed by atoms with Crippen molar-refractivity contribution in [3.63, 3.8) is 0 Å². The maximum absolute atomic E-state index is 10.7. The Labute approximate surface area is 83.9 Å². The SMILES string of the molecule is CCC(C)CSC(COC)C(=O)O. The molecule has 0 saturated heterocycles. The molecule has 0 aromatic rings. The second-order valence-corrected chi connectivity index (χ2v) is 4.36. The molecule has 0 bridgehead atoms. The van der Waals surface area contributed by atoms with Gasteiger partial charge in [0, 0.05) is 7.11 Å². The Bertz CT molecular complexity index is 150. The monoisotopic (exact) mass is 206 g/mol. The molecule has 0 fully saturated rings. The first-order valence-corrected chi connectivity index (χ1v) is 5.50. The number of rotatable bonds is 7. The minimum Gasteiger partial charge on any atom is -0.480 e. The Morgan fingerprint density at radius 2 is 2.23 bits per heavy atom. The molecule has 0 aliphatic heterocycles. The average Bonchev–Trinajstić information content (AvgIpc) is 2.11. The molecule has 0 saturated carbocycles. The molecule has 13 heavy (non-hydrogen) atoms. The molecule has 0 amide bonds. The number of thioether (sulfide) groups is 1. The molecule has 0 aromatic heterocycles. The fourth-order valence-electron chi connectivity index (χ4n) is 0.740. The topological polar surface area (TPSA) is 46.5 Å². The van der Waals surface area contributed by atoms with Crippen LogP contribution in [0.1, 0.15) is 20.3 Å². The van der Waals surface area contributed by atoms with E-state index < -0.39 is 11.2 Å². The van der Waals surface area contributed by atoms with E-state index in [0.29, 0.717) is 5.92 Å². The van der Waals surface area contributed by atoms with Gasteiger partial charge in [0.05, 0.1) is 6.61 Å². The van der Waals surface area contributed by atoms with E-state index in [1.54, 1.807) is 0 Å². The van der Waals surface area contributed by atoms with Gasteiger partial charge < -0.3 is 9.84 Å². The molecule has 4 heteroatoms. The summed E-state index contributed by atoms with van der Waals surface area (Å²) in [6.45, 7) is 4.52. The third kappa shape index (κ3) is 5.93. The second kappa shape index (κ2) is 7.21. The Morgan fingerprint density at radius 1 is 1.62 bits per heavy atom. The fourth-order valence-corrected chi connectivity index (χ4v) is 1.91. The minimum atomic E-state index is -0.782. The maximum atomic E-state index is 10.7. The quantitative estimate of drug-likeness (QED) is 0.690. The number of carbonyl (C=O) groups is 1. The van der Waals surface area contributed by atoms with E-state index in [9.17, 15) is 4.79 Å². The van der Waals surface area contributed by atoms with Gasteiger partial charge in [-0.25, -0.2) is 0 Å². The number of aliphatic carboxylic acids is 1. The average molecular weight is 206 g/mol. The molecular formula is C9H18O3S. The summed E-state index contributed by atoms with van der Waals surface area (Å²) < 4.78 is 4.83. The Morgan fingerprint density at radius 3 is 2.62 bits per heavy atom. The highest BCUT2D eigenvalue weighted by Crippen LogP contribution is 2.17. The number of ether oxygens (including phenoxy) is 1. The third-order valence-electron chi connectivity index (χ3n) is 1.87. The van der Waals surface area contributed by atoms with Crippen LogP contribution in [0.15, 0.2) is 0 Å². The number of carboxylic acid groups (broad SMARTS) is 1. The predicted molar refractivity (Wildman–Crippen MR) is 55.2 cm³/mol. The number of hydrogen-bond donors (Lipinski definition) is 1. The van der Waals surface area contributed by atoms with Crippen LogP contribution >= 0.6 is 11.8 Å². The molecule has 0 heterocycles. The van der Waals surface area contributed by atoms with E-state index in [2.05, 4.69) is 13.8 Å². The van der Waals surface area contributed by atoms with Crippen molar-refractivity contribution < 1.29 is 14.6 Å². The Kier molecular flexibility index (Phi) is 7.09. The van der Waals surface area contributed by atoms with E-state index in [1.165, 1.54) is 18.9 Å². The van der Waals surface area contributed by atoms with Crippen molar-refractivity contribution in [1.82, 2.24) is 0 Å². The van der Waals surface area contributed by atoms with Gasteiger partial charge in [0.15, 0.2) is 0 Å². The zero-order chi connectivity index (χ0) is 10.3. The van der Waals surface area contributed by atoms with Crippen molar-refractivity contribution in [3.8, 4) is 0 Å². The number of methoxy groups -OCH3 is 1.